The van der Waals surface area contributed by atoms with Crippen LogP contribution in [0.2, 0.25) is 5.02 Å². The highest BCUT2D eigenvalue weighted by Crippen LogP contribution is 2.51. The molecule has 8 heteroatoms. The number of halogens is 1. The summed E-state index contributed by atoms with van der Waals surface area (Å²) in [6.07, 6.45) is 4.17. The maximum Gasteiger partial charge on any atom is 0.335 e. The lowest BCUT2D eigenvalue weighted by molar-refractivity contribution is -0.117. The highest BCUT2D eigenvalue weighted by molar-refractivity contribution is 6.32. The van der Waals surface area contributed by atoms with Gasteiger partial charge in [0.1, 0.15) is 6.61 Å². The van der Waals surface area contributed by atoms with Crippen LogP contribution in [0.3, 0.4) is 0 Å². The molecule has 198 valence electrons. The molecule has 0 spiro atoms. The van der Waals surface area contributed by atoms with Gasteiger partial charge in [-0.05, 0) is 68.0 Å². The van der Waals surface area contributed by atoms with Crippen molar-refractivity contribution in [3.8, 4) is 11.5 Å². The van der Waals surface area contributed by atoms with E-state index in [2.05, 4.69) is 11.8 Å². The Labute approximate surface area is 226 Å². The van der Waals surface area contributed by atoms with E-state index in [9.17, 15) is 14.4 Å². The molecule has 3 aliphatic rings. The van der Waals surface area contributed by atoms with Crippen molar-refractivity contribution in [2.24, 2.45) is 0 Å². The summed E-state index contributed by atoms with van der Waals surface area (Å²) in [5, 5.41) is 9.43. The number of ketones is 2. The van der Waals surface area contributed by atoms with Crippen LogP contribution in [0.4, 0.5) is 0 Å². The molecule has 0 atom stereocenters. The van der Waals surface area contributed by atoms with Gasteiger partial charge in [0.05, 0.1) is 17.7 Å². The molecule has 0 fully saturated rings. The predicted molar refractivity (Wildman–Crippen MR) is 143 cm³/mol. The van der Waals surface area contributed by atoms with Crippen LogP contribution in [-0.4, -0.2) is 41.2 Å². The van der Waals surface area contributed by atoms with Gasteiger partial charge in [0.2, 0.25) is 0 Å². The molecule has 0 unspecified atom stereocenters. The van der Waals surface area contributed by atoms with E-state index in [4.69, 9.17) is 26.2 Å². The van der Waals surface area contributed by atoms with Crippen molar-refractivity contribution in [2.45, 2.75) is 58.0 Å². The first-order valence-corrected chi connectivity index (χ1v) is 13.3. The average molecular weight is 536 g/mol. The van der Waals surface area contributed by atoms with Crippen molar-refractivity contribution in [2.75, 3.05) is 13.7 Å². The fourth-order valence-electron chi connectivity index (χ4n) is 5.88. The third-order valence-electron chi connectivity index (χ3n) is 7.57. The zero-order chi connectivity index (χ0) is 27.0. The van der Waals surface area contributed by atoms with E-state index in [-0.39, 0.29) is 23.7 Å². The lowest BCUT2D eigenvalue weighted by Crippen LogP contribution is -2.39. The smallest absolute Gasteiger partial charge is 0.335 e. The largest absolute Gasteiger partial charge is 0.493 e. The maximum absolute atomic E-state index is 13.3. The van der Waals surface area contributed by atoms with Gasteiger partial charge in [0.25, 0.3) is 0 Å². The van der Waals surface area contributed by atoms with E-state index < -0.39 is 11.9 Å². The van der Waals surface area contributed by atoms with E-state index in [0.29, 0.717) is 40.5 Å². The van der Waals surface area contributed by atoms with Gasteiger partial charge in [-0.15, -0.1) is 0 Å². The van der Waals surface area contributed by atoms with Crippen LogP contribution in [0.5, 0.6) is 11.5 Å². The van der Waals surface area contributed by atoms with Gasteiger partial charge in [-0.3, -0.25) is 9.59 Å². The number of carbonyl (C=O) groups is 3. The number of benzene rings is 2. The molecule has 1 heterocycles. The van der Waals surface area contributed by atoms with Crippen LogP contribution in [0, 0.1) is 0 Å². The standard InChI is InChI=1S/C30H30ClNO6/c1-3-32-21-6-4-8-23(33)27(21)26(28-22(32)7-5-9-24(28)34)19-14-20(31)29(25(15-19)37-2)38-16-17-10-12-18(13-11-17)30(35)36/h10-15,26H,3-9,16H2,1-2H3,(H,35,36). The van der Waals surface area contributed by atoms with Crippen molar-refractivity contribution in [3.63, 3.8) is 0 Å². The molecular weight excluding hydrogens is 506 g/mol. The number of hydrogen-bond acceptors (Lipinski definition) is 6. The Morgan fingerprint density at radius 3 is 2.13 bits per heavy atom. The van der Waals surface area contributed by atoms with Crippen LogP contribution in [0.15, 0.2) is 58.9 Å². The minimum absolute atomic E-state index is 0.0832. The number of Topliss-reactive ketones (excluding diaryl/α,β-unsaturated/α-hetero) is 2. The molecule has 0 radical (unpaired) electrons. The van der Waals surface area contributed by atoms with Gasteiger partial charge in [0.15, 0.2) is 23.1 Å². The van der Waals surface area contributed by atoms with Gasteiger partial charge in [-0.2, -0.15) is 0 Å². The van der Waals surface area contributed by atoms with Crippen molar-refractivity contribution >= 4 is 29.1 Å². The van der Waals surface area contributed by atoms with Crippen LogP contribution in [0.25, 0.3) is 0 Å². The van der Waals surface area contributed by atoms with Gasteiger partial charge in [0, 0.05) is 47.8 Å². The summed E-state index contributed by atoms with van der Waals surface area (Å²) in [6, 6.07) is 10.0. The zero-order valence-electron chi connectivity index (χ0n) is 21.5. The van der Waals surface area contributed by atoms with Crippen molar-refractivity contribution in [3.05, 3.63) is 80.7 Å². The molecule has 0 saturated carbocycles. The second kappa shape index (κ2) is 10.7. The van der Waals surface area contributed by atoms with E-state index in [1.165, 1.54) is 19.2 Å². The first-order chi connectivity index (χ1) is 18.3. The Morgan fingerprint density at radius 2 is 1.61 bits per heavy atom. The average Bonchev–Trinajstić information content (AvgIpc) is 2.91. The number of nitrogens with zero attached hydrogens (tertiary/aromatic N) is 1. The SMILES string of the molecule is CCN1C2=C(C(=O)CCC2)C(c2cc(Cl)c(OCc3ccc(C(=O)O)cc3)c(OC)c2)C2=C1CCCC2=O. The molecule has 2 aliphatic carbocycles. The number of aromatic carboxylic acids is 1. The summed E-state index contributed by atoms with van der Waals surface area (Å²) in [5.41, 5.74) is 5.18. The summed E-state index contributed by atoms with van der Waals surface area (Å²) in [6.45, 7) is 2.94. The zero-order valence-corrected chi connectivity index (χ0v) is 22.3. The van der Waals surface area contributed by atoms with Gasteiger partial charge in [-0.25, -0.2) is 4.79 Å². The molecule has 0 amide bonds. The Kier molecular flexibility index (Phi) is 7.30. The number of allylic oxidation sites excluding steroid dienone is 4. The first kappa shape index (κ1) is 26.0. The maximum atomic E-state index is 13.3. The van der Waals surface area contributed by atoms with Crippen LogP contribution in [0.1, 0.15) is 72.9 Å². The van der Waals surface area contributed by atoms with Crippen molar-refractivity contribution < 1.29 is 29.0 Å². The molecule has 1 aliphatic heterocycles. The number of rotatable bonds is 7. The minimum atomic E-state index is -0.994. The third kappa shape index (κ3) is 4.60. The number of carboxylic acids is 1. The molecule has 2 aromatic carbocycles. The van der Waals surface area contributed by atoms with E-state index in [1.807, 2.05) is 6.07 Å². The van der Waals surface area contributed by atoms with E-state index in [1.54, 1.807) is 18.2 Å². The van der Waals surface area contributed by atoms with Crippen LogP contribution >= 0.6 is 11.6 Å². The Hall–Kier alpha value is -3.58. The van der Waals surface area contributed by atoms with E-state index in [0.717, 1.165) is 54.7 Å². The Morgan fingerprint density at radius 1 is 1.00 bits per heavy atom. The van der Waals surface area contributed by atoms with Crippen molar-refractivity contribution in [1.29, 1.82) is 0 Å². The van der Waals surface area contributed by atoms with Crippen molar-refractivity contribution in [1.82, 2.24) is 4.90 Å². The molecule has 1 N–H and O–H groups in total. The fourth-order valence-corrected chi connectivity index (χ4v) is 6.15. The molecule has 0 aromatic heterocycles. The number of carboxylic acid groups (broad SMARTS) is 1. The highest BCUT2D eigenvalue weighted by atomic mass is 35.5. The Bertz CT molecular complexity index is 1330. The van der Waals surface area contributed by atoms with Crippen LogP contribution < -0.4 is 9.47 Å². The van der Waals surface area contributed by atoms with Gasteiger partial charge >= 0.3 is 5.97 Å². The molecule has 0 bridgehead atoms. The summed E-state index contributed by atoms with van der Waals surface area (Å²) in [7, 11) is 1.52. The fraction of sp³-hybridized carbons (Fsp3) is 0.367. The molecular formula is C30H30ClNO6. The molecule has 5 rings (SSSR count). The summed E-state index contributed by atoms with van der Waals surface area (Å²) < 4.78 is 11.7. The summed E-state index contributed by atoms with van der Waals surface area (Å²) in [5.74, 6) is -0.554. The minimum Gasteiger partial charge on any atom is -0.493 e. The molecule has 38 heavy (non-hydrogen) atoms. The number of methoxy groups -OCH3 is 1. The molecule has 0 saturated heterocycles. The quantitative estimate of drug-likeness (QED) is 0.460. The lowest BCUT2D eigenvalue weighted by Gasteiger charge is -2.43. The van der Waals surface area contributed by atoms with E-state index >= 15 is 0 Å². The lowest BCUT2D eigenvalue weighted by atomic mass is 9.71. The monoisotopic (exact) mass is 535 g/mol. The third-order valence-corrected chi connectivity index (χ3v) is 7.85. The number of hydrogen-bond donors (Lipinski definition) is 1. The van der Waals surface area contributed by atoms with Crippen LogP contribution in [-0.2, 0) is 16.2 Å². The number of carbonyl (C=O) groups excluding carboxylic acids is 2. The highest BCUT2D eigenvalue weighted by Gasteiger charge is 2.43. The summed E-state index contributed by atoms with van der Waals surface area (Å²) in [4.78, 5) is 40.0. The van der Waals surface area contributed by atoms with Gasteiger partial charge in [-0.1, -0.05) is 23.7 Å². The number of ether oxygens (including phenoxy) is 2. The predicted octanol–water partition coefficient (Wildman–Crippen LogP) is 6.06. The second-order valence-electron chi connectivity index (χ2n) is 9.78. The summed E-state index contributed by atoms with van der Waals surface area (Å²) >= 11 is 6.75. The Balaban J connectivity index is 1.54. The second-order valence-corrected chi connectivity index (χ2v) is 10.2. The normalized spacial score (nSPS) is 17.9. The first-order valence-electron chi connectivity index (χ1n) is 13.0. The molecule has 2 aromatic rings. The topological polar surface area (TPSA) is 93.1 Å². The van der Waals surface area contributed by atoms with Gasteiger partial charge < -0.3 is 19.5 Å². The molecule has 7 nitrogen and oxygen atoms in total.